The highest BCUT2D eigenvalue weighted by Gasteiger charge is 2.23. The highest BCUT2D eigenvalue weighted by Crippen LogP contribution is 2.34. The van der Waals surface area contributed by atoms with Gasteiger partial charge in [-0.3, -0.25) is 9.36 Å². The molecule has 2 aromatic rings. The van der Waals surface area contributed by atoms with Gasteiger partial charge in [-0.25, -0.2) is 0 Å². The van der Waals surface area contributed by atoms with E-state index in [1.54, 1.807) is 4.90 Å². The van der Waals surface area contributed by atoms with Crippen LogP contribution in [0.2, 0.25) is 0 Å². The summed E-state index contributed by atoms with van der Waals surface area (Å²) < 4.78 is 24.9. The Labute approximate surface area is 218 Å². The van der Waals surface area contributed by atoms with Gasteiger partial charge in [0.15, 0.2) is 0 Å². The van der Waals surface area contributed by atoms with Crippen LogP contribution < -0.4 is 0 Å². The lowest BCUT2D eigenvalue weighted by Gasteiger charge is -2.28. The number of piperidine rings is 1. The minimum Gasteiger partial charge on any atom is -0.306 e. The molecule has 0 spiro atoms. The van der Waals surface area contributed by atoms with E-state index in [4.69, 9.17) is 4.11 Å². The van der Waals surface area contributed by atoms with Gasteiger partial charge in [0, 0.05) is 22.1 Å². The van der Waals surface area contributed by atoms with Crippen LogP contribution in [-0.4, -0.2) is 35.4 Å². The first-order valence-electron chi connectivity index (χ1n) is 15.6. The number of benzene rings is 1. The van der Waals surface area contributed by atoms with E-state index >= 15 is 0 Å². The summed E-state index contributed by atoms with van der Waals surface area (Å²) in [5.74, 6) is 0.460. The fraction of sp³-hybridized carbons (Fsp3) is 0.594. The summed E-state index contributed by atoms with van der Waals surface area (Å²) in [6.45, 7) is 1.36. The fourth-order valence-corrected chi connectivity index (χ4v) is 5.14. The van der Waals surface area contributed by atoms with Gasteiger partial charge < -0.3 is 4.90 Å². The largest absolute Gasteiger partial charge is 0.306 e. The monoisotopic (exact) mass is 479 g/mol. The van der Waals surface area contributed by atoms with E-state index in [0.29, 0.717) is 25.4 Å². The average molecular weight is 480 g/mol. The van der Waals surface area contributed by atoms with E-state index in [1.807, 2.05) is 29.0 Å². The molecule has 0 atom stereocenters. The smallest absolute Gasteiger partial charge is 0.231 e. The molecule has 1 saturated heterocycles. The van der Waals surface area contributed by atoms with Gasteiger partial charge in [0.1, 0.15) is 0 Å². The maximum absolute atomic E-state index is 13.1. The number of rotatable bonds is 15. The zero-order valence-electron chi connectivity index (χ0n) is 24.9. The number of hydrogen-bond acceptors (Lipinski definition) is 2. The molecule has 1 aromatic heterocycles. The van der Waals surface area contributed by atoms with Crippen LogP contribution in [0.1, 0.15) is 117 Å². The number of hydrogen-bond donors (Lipinski definition) is 0. The quantitative estimate of drug-likeness (QED) is 0.188. The minimum absolute atomic E-state index is 0.165. The zero-order chi connectivity index (χ0) is 27.2. The fourth-order valence-electron chi connectivity index (χ4n) is 5.14. The predicted octanol–water partition coefficient (Wildman–Crippen LogP) is 8.90. The van der Waals surface area contributed by atoms with Crippen LogP contribution in [0.25, 0.3) is 10.9 Å². The Morgan fingerprint density at radius 3 is 2.37 bits per heavy atom. The molecular weight excluding hydrogens is 428 g/mol. The number of allylic oxidation sites excluding steroid dienone is 4. The third-order valence-corrected chi connectivity index (χ3v) is 7.29. The van der Waals surface area contributed by atoms with Gasteiger partial charge in [-0.2, -0.15) is 0 Å². The number of para-hydroxylation sites is 1. The maximum Gasteiger partial charge on any atom is 0.231 e. The molecule has 35 heavy (non-hydrogen) atoms. The Morgan fingerprint density at radius 2 is 1.63 bits per heavy atom. The Hall–Kier alpha value is -2.13. The zero-order valence-corrected chi connectivity index (χ0v) is 21.9. The van der Waals surface area contributed by atoms with Crippen LogP contribution in [0.4, 0.5) is 0 Å². The second kappa shape index (κ2) is 15.8. The number of unbranched alkanes of at least 4 members (excludes halogenated alkanes) is 8. The van der Waals surface area contributed by atoms with Gasteiger partial charge in [-0.1, -0.05) is 81.5 Å². The average Bonchev–Trinajstić information content (AvgIpc) is 3.30. The molecule has 3 nitrogen and oxygen atoms in total. The van der Waals surface area contributed by atoms with Crippen molar-refractivity contribution in [3.8, 4) is 0 Å². The standard InChI is InChI=1S/C32H48N2O/c1-3-4-5-6-7-8-9-10-11-12-13-14-15-16-17-22-32(35)34-27-30(28-23-25-33(2)26-24-28)29-20-18-19-21-31(29)34/h7-8,10-11,18-21,27-28H,3-6,9,12-17,22-26H2,1-2H3/b8-7-,11-10-/i2D3. The topological polar surface area (TPSA) is 25.2 Å². The van der Waals surface area contributed by atoms with Gasteiger partial charge in [-0.05, 0) is 89.0 Å². The van der Waals surface area contributed by atoms with Crippen molar-refractivity contribution in [1.29, 1.82) is 0 Å². The van der Waals surface area contributed by atoms with Crippen molar-refractivity contribution in [2.24, 2.45) is 0 Å². The predicted molar refractivity (Wildman–Crippen MR) is 151 cm³/mol. The van der Waals surface area contributed by atoms with Gasteiger partial charge in [-0.15, -0.1) is 0 Å². The first-order chi connectivity index (χ1) is 18.4. The van der Waals surface area contributed by atoms with Crippen molar-refractivity contribution in [3.63, 3.8) is 0 Å². The molecule has 0 unspecified atom stereocenters. The first-order valence-corrected chi connectivity index (χ1v) is 14.1. The lowest BCUT2D eigenvalue weighted by molar-refractivity contribution is 0.0904. The minimum atomic E-state index is -2.02. The van der Waals surface area contributed by atoms with Gasteiger partial charge >= 0.3 is 0 Å². The summed E-state index contributed by atoms with van der Waals surface area (Å²) in [7, 11) is 0. The summed E-state index contributed by atoms with van der Waals surface area (Å²) in [5, 5.41) is 1.13. The molecular formula is C32H48N2O. The van der Waals surface area contributed by atoms with Crippen molar-refractivity contribution >= 4 is 16.8 Å². The normalized spacial score (nSPS) is 17.3. The molecule has 192 valence electrons. The molecule has 0 radical (unpaired) electrons. The molecule has 3 heteroatoms. The van der Waals surface area contributed by atoms with Crippen LogP contribution in [0, 0.1) is 0 Å². The number of fused-ring (bicyclic) bond motifs is 1. The summed E-state index contributed by atoms with van der Waals surface area (Å²) in [6, 6.07) is 8.15. The molecule has 0 amide bonds. The molecule has 1 aliphatic rings. The Morgan fingerprint density at radius 1 is 0.943 bits per heavy atom. The highest BCUT2D eigenvalue weighted by molar-refractivity contribution is 5.94. The van der Waals surface area contributed by atoms with E-state index in [9.17, 15) is 4.79 Å². The molecule has 0 bridgehead atoms. The van der Waals surface area contributed by atoms with Crippen LogP contribution in [0.3, 0.4) is 0 Å². The van der Waals surface area contributed by atoms with E-state index in [-0.39, 0.29) is 5.91 Å². The van der Waals surface area contributed by atoms with Crippen LogP contribution in [0.5, 0.6) is 0 Å². The molecule has 3 rings (SSSR count). The molecule has 0 N–H and O–H groups in total. The van der Waals surface area contributed by atoms with Gasteiger partial charge in [0.05, 0.1) is 5.52 Å². The lowest BCUT2D eigenvalue weighted by atomic mass is 9.89. The van der Waals surface area contributed by atoms with Gasteiger partial charge in [0.2, 0.25) is 5.91 Å². The Kier molecular flexibility index (Phi) is 10.5. The molecule has 1 fully saturated rings. The number of nitrogens with zero attached hydrogens (tertiary/aromatic N) is 2. The molecule has 1 aliphatic heterocycles. The second-order valence-electron chi connectivity index (χ2n) is 10.1. The van der Waals surface area contributed by atoms with Crippen molar-refractivity contribution in [3.05, 3.63) is 60.3 Å². The van der Waals surface area contributed by atoms with Gasteiger partial charge in [0.25, 0.3) is 0 Å². The number of carbonyl (C=O) groups excluding carboxylic acids is 1. The van der Waals surface area contributed by atoms with Crippen molar-refractivity contribution in [1.82, 2.24) is 9.47 Å². The Bertz CT molecular complexity index is 1030. The summed E-state index contributed by atoms with van der Waals surface area (Å²) in [5.41, 5.74) is 2.17. The van der Waals surface area contributed by atoms with E-state index in [2.05, 4.69) is 37.3 Å². The second-order valence-corrected chi connectivity index (χ2v) is 10.1. The van der Waals surface area contributed by atoms with Crippen molar-refractivity contribution in [2.45, 2.75) is 103 Å². The third-order valence-electron chi connectivity index (χ3n) is 7.29. The lowest BCUT2D eigenvalue weighted by Crippen LogP contribution is -2.29. The maximum atomic E-state index is 13.1. The van der Waals surface area contributed by atoms with Crippen molar-refractivity contribution in [2.75, 3.05) is 20.1 Å². The molecule has 0 aliphatic carbocycles. The van der Waals surface area contributed by atoms with Crippen LogP contribution >= 0.6 is 0 Å². The summed E-state index contributed by atoms with van der Waals surface area (Å²) >= 11 is 0. The van der Waals surface area contributed by atoms with E-state index in [0.717, 1.165) is 49.4 Å². The number of likely N-dealkylation sites (tertiary alicyclic amines) is 1. The molecule has 1 aromatic carbocycles. The third kappa shape index (κ3) is 9.11. The molecule has 2 heterocycles. The SMILES string of the molecule is [2H]C([2H])([2H])N1CCC(c2cn(C(=O)CCCCCCC/C=C\C/C=C\CCCCC)c3ccccc23)CC1. The Balaban J connectivity index is 1.37. The van der Waals surface area contributed by atoms with E-state index in [1.165, 1.54) is 50.5 Å². The number of aromatic nitrogens is 1. The summed E-state index contributed by atoms with van der Waals surface area (Å²) in [4.78, 5) is 14.7. The number of carbonyl (C=O) groups is 1. The summed E-state index contributed by atoms with van der Waals surface area (Å²) in [6.07, 6.45) is 26.4. The van der Waals surface area contributed by atoms with Crippen LogP contribution in [-0.2, 0) is 0 Å². The van der Waals surface area contributed by atoms with E-state index < -0.39 is 6.98 Å². The van der Waals surface area contributed by atoms with Crippen molar-refractivity contribution < 1.29 is 8.91 Å². The highest BCUT2D eigenvalue weighted by atomic mass is 16.2. The molecule has 0 saturated carbocycles. The first kappa shape index (κ1) is 23.3. The van der Waals surface area contributed by atoms with Crippen LogP contribution in [0.15, 0.2) is 54.8 Å².